The number of hydrogen-bond acceptors (Lipinski definition) is 3. The number of piperazine rings is 1. The van der Waals surface area contributed by atoms with E-state index < -0.39 is 11.7 Å². The summed E-state index contributed by atoms with van der Waals surface area (Å²) < 4.78 is 38.3. The summed E-state index contributed by atoms with van der Waals surface area (Å²) in [6.45, 7) is 4.03. The molecule has 2 unspecified atom stereocenters. The number of hydrogen-bond donors (Lipinski definition) is 2. The van der Waals surface area contributed by atoms with Gasteiger partial charge in [0.1, 0.15) is 0 Å². The van der Waals surface area contributed by atoms with Crippen LogP contribution in [0.4, 0.5) is 13.2 Å². The highest BCUT2D eigenvalue weighted by Gasteiger charge is 2.32. The van der Waals surface area contributed by atoms with E-state index in [1.165, 1.54) is 6.07 Å². The SMILES string of the molecule is CC1CN(C(CO)c2cccc(C(F)(F)F)c2)CCN1. The summed E-state index contributed by atoms with van der Waals surface area (Å²) in [6, 6.07) is 5.10. The summed E-state index contributed by atoms with van der Waals surface area (Å²) in [5, 5.41) is 12.8. The van der Waals surface area contributed by atoms with E-state index in [-0.39, 0.29) is 18.7 Å². The average Bonchev–Trinajstić information content (AvgIpc) is 2.39. The number of nitrogens with zero attached hydrogens (tertiary/aromatic N) is 1. The van der Waals surface area contributed by atoms with Crippen LogP contribution in [0, 0.1) is 0 Å². The molecule has 20 heavy (non-hydrogen) atoms. The lowest BCUT2D eigenvalue weighted by Gasteiger charge is -2.37. The minimum absolute atomic E-state index is 0.186. The maximum atomic E-state index is 12.8. The standard InChI is InChI=1S/C14H19F3N2O/c1-10-8-19(6-5-18-10)13(9-20)11-3-2-4-12(7-11)14(15,16)17/h2-4,7,10,13,18,20H,5-6,8-9H2,1H3. The van der Waals surface area contributed by atoms with Crippen LogP contribution >= 0.6 is 0 Å². The Morgan fingerprint density at radius 2 is 2.20 bits per heavy atom. The summed E-state index contributed by atoms with van der Waals surface area (Å²) in [6.07, 6.45) is -4.35. The molecule has 2 atom stereocenters. The van der Waals surface area contributed by atoms with Crippen LogP contribution < -0.4 is 5.32 Å². The molecule has 1 aliphatic heterocycles. The maximum Gasteiger partial charge on any atom is 0.416 e. The van der Waals surface area contributed by atoms with Crippen molar-refractivity contribution in [3.8, 4) is 0 Å². The number of nitrogens with one attached hydrogen (secondary N) is 1. The van der Waals surface area contributed by atoms with Gasteiger partial charge in [-0.15, -0.1) is 0 Å². The predicted octanol–water partition coefficient (Wildman–Crippen LogP) is 2.03. The molecule has 0 saturated carbocycles. The van der Waals surface area contributed by atoms with Crippen LogP contribution in [0.25, 0.3) is 0 Å². The molecule has 3 nitrogen and oxygen atoms in total. The first-order chi connectivity index (χ1) is 9.41. The van der Waals surface area contributed by atoms with Crippen molar-refractivity contribution >= 4 is 0 Å². The van der Waals surface area contributed by atoms with Gasteiger partial charge in [0.2, 0.25) is 0 Å². The van der Waals surface area contributed by atoms with Crippen LogP contribution in [0.1, 0.15) is 24.1 Å². The number of alkyl halides is 3. The number of halogens is 3. The third kappa shape index (κ3) is 3.50. The Morgan fingerprint density at radius 3 is 2.80 bits per heavy atom. The number of aliphatic hydroxyl groups is 1. The van der Waals surface area contributed by atoms with Crippen molar-refractivity contribution in [1.29, 1.82) is 0 Å². The Kier molecular flexibility index (Phi) is 4.67. The van der Waals surface area contributed by atoms with Gasteiger partial charge in [0.15, 0.2) is 0 Å². The fourth-order valence-corrected chi connectivity index (χ4v) is 2.60. The van der Waals surface area contributed by atoms with Crippen molar-refractivity contribution in [1.82, 2.24) is 10.2 Å². The molecule has 1 saturated heterocycles. The van der Waals surface area contributed by atoms with Crippen molar-refractivity contribution < 1.29 is 18.3 Å². The molecule has 1 heterocycles. The molecule has 1 fully saturated rings. The second kappa shape index (κ2) is 6.11. The van der Waals surface area contributed by atoms with Gasteiger partial charge < -0.3 is 10.4 Å². The van der Waals surface area contributed by atoms with Crippen molar-refractivity contribution in [2.45, 2.75) is 25.2 Å². The van der Waals surface area contributed by atoms with Crippen LogP contribution in [0.15, 0.2) is 24.3 Å². The molecular formula is C14H19F3N2O. The fourth-order valence-electron chi connectivity index (χ4n) is 2.60. The van der Waals surface area contributed by atoms with E-state index >= 15 is 0 Å². The molecule has 0 bridgehead atoms. The molecule has 2 N–H and O–H groups in total. The van der Waals surface area contributed by atoms with Crippen LogP contribution in [0.2, 0.25) is 0 Å². The molecule has 0 aromatic heterocycles. The Morgan fingerprint density at radius 1 is 1.45 bits per heavy atom. The molecule has 0 spiro atoms. The Hall–Kier alpha value is -1.11. The van der Waals surface area contributed by atoms with Crippen molar-refractivity contribution in [3.05, 3.63) is 35.4 Å². The first kappa shape index (κ1) is 15.3. The van der Waals surface area contributed by atoms with E-state index in [0.717, 1.165) is 18.7 Å². The van der Waals surface area contributed by atoms with Gasteiger partial charge in [-0.3, -0.25) is 4.90 Å². The largest absolute Gasteiger partial charge is 0.416 e. The van der Waals surface area contributed by atoms with Gasteiger partial charge in [0, 0.05) is 25.7 Å². The first-order valence-corrected chi connectivity index (χ1v) is 6.67. The van der Waals surface area contributed by atoms with Crippen molar-refractivity contribution in [2.75, 3.05) is 26.2 Å². The topological polar surface area (TPSA) is 35.5 Å². The molecule has 1 aromatic carbocycles. The molecule has 1 aromatic rings. The number of rotatable bonds is 3. The lowest BCUT2D eigenvalue weighted by molar-refractivity contribution is -0.137. The van der Waals surface area contributed by atoms with E-state index in [4.69, 9.17) is 0 Å². The highest BCUT2D eigenvalue weighted by atomic mass is 19.4. The Labute approximate surface area is 116 Å². The highest BCUT2D eigenvalue weighted by Crippen LogP contribution is 2.32. The third-order valence-electron chi connectivity index (χ3n) is 3.61. The van der Waals surface area contributed by atoms with E-state index in [2.05, 4.69) is 5.32 Å². The molecule has 1 aliphatic rings. The Balaban J connectivity index is 2.23. The van der Waals surface area contributed by atoms with Gasteiger partial charge in [-0.25, -0.2) is 0 Å². The monoisotopic (exact) mass is 288 g/mol. The zero-order valence-electron chi connectivity index (χ0n) is 11.3. The molecular weight excluding hydrogens is 269 g/mol. The van der Waals surface area contributed by atoms with Gasteiger partial charge in [-0.2, -0.15) is 13.2 Å². The van der Waals surface area contributed by atoms with Gasteiger partial charge in [0.05, 0.1) is 18.2 Å². The average molecular weight is 288 g/mol. The zero-order valence-corrected chi connectivity index (χ0v) is 11.3. The van der Waals surface area contributed by atoms with Crippen LogP contribution in [-0.4, -0.2) is 42.3 Å². The Bertz CT molecular complexity index is 450. The normalized spacial score (nSPS) is 22.8. The molecule has 6 heteroatoms. The first-order valence-electron chi connectivity index (χ1n) is 6.67. The molecule has 2 rings (SSSR count). The minimum Gasteiger partial charge on any atom is -0.394 e. The quantitative estimate of drug-likeness (QED) is 0.893. The predicted molar refractivity (Wildman–Crippen MR) is 70.3 cm³/mol. The summed E-state index contributed by atoms with van der Waals surface area (Å²) >= 11 is 0. The van der Waals surface area contributed by atoms with Crippen LogP contribution in [-0.2, 0) is 6.18 Å². The minimum atomic E-state index is -4.35. The molecule has 0 radical (unpaired) electrons. The second-order valence-electron chi connectivity index (χ2n) is 5.17. The second-order valence-corrected chi connectivity index (χ2v) is 5.17. The zero-order chi connectivity index (χ0) is 14.8. The van der Waals surface area contributed by atoms with E-state index in [0.29, 0.717) is 18.7 Å². The summed E-state index contributed by atoms with van der Waals surface area (Å²) in [5.74, 6) is 0. The van der Waals surface area contributed by atoms with Crippen molar-refractivity contribution in [2.24, 2.45) is 0 Å². The molecule has 0 aliphatic carbocycles. The lowest BCUT2D eigenvalue weighted by atomic mass is 10.0. The number of aliphatic hydroxyl groups excluding tert-OH is 1. The van der Waals surface area contributed by atoms with Crippen molar-refractivity contribution in [3.63, 3.8) is 0 Å². The highest BCUT2D eigenvalue weighted by molar-refractivity contribution is 5.28. The summed E-state index contributed by atoms with van der Waals surface area (Å²) in [7, 11) is 0. The molecule has 112 valence electrons. The maximum absolute atomic E-state index is 12.8. The lowest BCUT2D eigenvalue weighted by Crippen LogP contribution is -2.50. The van der Waals surface area contributed by atoms with E-state index in [9.17, 15) is 18.3 Å². The summed E-state index contributed by atoms with van der Waals surface area (Å²) in [5.41, 5.74) is -0.159. The number of benzene rings is 1. The summed E-state index contributed by atoms with van der Waals surface area (Å²) in [4.78, 5) is 2.02. The van der Waals surface area contributed by atoms with Gasteiger partial charge >= 0.3 is 6.18 Å². The van der Waals surface area contributed by atoms with Crippen LogP contribution in [0.3, 0.4) is 0 Å². The molecule has 0 amide bonds. The van der Waals surface area contributed by atoms with E-state index in [1.54, 1.807) is 6.07 Å². The van der Waals surface area contributed by atoms with Gasteiger partial charge in [0.25, 0.3) is 0 Å². The third-order valence-corrected chi connectivity index (χ3v) is 3.61. The fraction of sp³-hybridized carbons (Fsp3) is 0.571. The van der Waals surface area contributed by atoms with Gasteiger partial charge in [-0.1, -0.05) is 12.1 Å². The smallest absolute Gasteiger partial charge is 0.394 e. The van der Waals surface area contributed by atoms with Crippen LogP contribution in [0.5, 0.6) is 0 Å². The van der Waals surface area contributed by atoms with E-state index in [1.807, 2.05) is 11.8 Å². The van der Waals surface area contributed by atoms with Gasteiger partial charge in [-0.05, 0) is 24.6 Å².